The molecule has 4 rings (SSSR count). The van der Waals surface area contributed by atoms with Gasteiger partial charge in [0.25, 0.3) is 0 Å². The number of aromatic nitrogens is 2. The number of hydrogen-bond donors (Lipinski definition) is 0. The maximum Gasteiger partial charge on any atom is 0.161 e. The molecular weight excluding hydrogens is 407 g/mol. The summed E-state index contributed by atoms with van der Waals surface area (Å²) >= 11 is 2.36. The van der Waals surface area contributed by atoms with Crippen LogP contribution >= 0.6 is 22.6 Å². The molecule has 3 heteroatoms. The Hall–Kier alpha value is -2.27. The lowest BCUT2D eigenvalue weighted by Gasteiger charge is -2.10. The Labute approximate surface area is 154 Å². The molecule has 2 nitrogen and oxygen atoms in total. The zero-order valence-electron chi connectivity index (χ0n) is 13.2. The molecular formula is C21H15IN2. The zero-order chi connectivity index (χ0) is 16.5. The standard InChI is InChI=1S/C21H15IN2/c1-14-11-12-16(18(22)13-14)21-23-19-10-6-5-9-17(19)20(24-21)15-7-3-2-4-8-15/h2-13H,1H3. The number of nitrogens with zero attached hydrogens (tertiary/aromatic N) is 2. The Morgan fingerprint density at radius 3 is 2.33 bits per heavy atom. The topological polar surface area (TPSA) is 25.8 Å². The van der Waals surface area contributed by atoms with Gasteiger partial charge in [0.2, 0.25) is 0 Å². The summed E-state index contributed by atoms with van der Waals surface area (Å²) in [6.45, 7) is 2.10. The summed E-state index contributed by atoms with van der Waals surface area (Å²) < 4.78 is 1.17. The van der Waals surface area contributed by atoms with Gasteiger partial charge in [-0.1, -0.05) is 60.2 Å². The minimum atomic E-state index is 0.775. The van der Waals surface area contributed by atoms with Crippen molar-refractivity contribution in [3.8, 4) is 22.6 Å². The first kappa shape index (κ1) is 15.3. The number of aryl methyl sites for hydroxylation is 1. The Kier molecular flexibility index (Phi) is 4.02. The molecule has 0 saturated carbocycles. The highest BCUT2D eigenvalue weighted by atomic mass is 127. The van der Waals surface area contributed by atoms with Crippen LogP contribution in [-0.4, -0.2) is 9.97 Å². The normalized spacial score (nSPS) is 10.9. The van der Waals surface area contributed by atoms with E-state index in [0.717, 1.165) is 33.5 Å². The predicted octanol–water partition coefficient (Wildman–Crippen LogP) is 5.88. The van der Waals surface area contributed by atoms with Crippen LogP contribution < -0.4 is 0 Å². The molecule has 0 unspecified atom stereocenters. The van der Waals surface area contributed by atoms with Crippen molar-refractivity contribution in [1.82, 2.24) is 9.97 Å². The summed E-state index contributed by atoms with van der Waals surface area (Å²) in [5, 5.41) is 1.08. The van der Waals surface area contributed by atoms with Gasteiger partial charge in [-0.05, 0) is 47.7 Å². The number of hydrogen-bond acceptors (Lipinski definition) is 2. The van der Waals surface area contributed by atoms with Crippen molar-refractivity contribution < 1.29 is 0 Å². The van der Waals surface area contributed by atoms with Crippen LogP contribution in [0, 0.1) is 10.5 Å². The highest BCUT2D eigenvalue weighted by Crippen LogP contribution is 2.30. The molecule has 3 aromatic carbocycles. The summed E-state index contributed by atoms with van der Waals surface area (Å²) in [7, 11) is 0. The average molecular weight is 422 g/mol. The molecule has 24 heavy (non-hydrogen) atoms. The van der Waals surface area contributed by atoms with Gasteiger partial charge in [-0.2, -0.15) is 0 Å². The first-order valence-electron chi connectivity index (χ1n) is 7.81. The van der Waals surface area contributed by atoms with Gasteiger partial charge in [0.1, 0.15) is 0 Å². The summed E-state index contributed by atoms with van der Waals surface area (Å²) in [6, 6.07) is 24.9. The van der Waals surface area contributed by atoms with Gasteiger partial charge in [-0.3, -0.25) is 0 Å². The second-order valence-corrected chi connectivity index (χ2v) is 6.92. The third-order valence-corrected chi connectivity index (χ3v) is 4.91. The molecule has 0 saturated heterocycles. The smallest absolute Gasteiger partial charge is 0.161 e. The van der Waals surface area contributed by atoms with E-state index in [2.05, 4.69) is 65.9 Å². The van der Waals surface area contributed by atoms with E-state index in [-0.39, 0.29) is 0 Å². The molecule has 0 atom stereocenters. The summed E-state index contributed by atoms with van der Waals surface area (Å²) in [6.07, 6.45) is 0. The van der Waals surface area contributed by atoms with E-state index in [0.29, 0.717) is 0 Å². The van der Waals surface area contributed by atoms with Crippen molar-refractivity contribution in [2.75, 3.05) is 0 Å². The Morgan fingerprint density at radius 1 is 0.792 bits per heavy atom. The molecule has 0 aliphatic carbocycles. The molecule has 0 amide bonds. The maximum atomic E-state index is 4.92. The van der Waals surface area contributed by atoms with Crippen molar-refractivity contribution in [2.24, 2.45) is 0 Å². The molecule has 0 fully saturated rings. The largest absolute Gasteiger partial charge is 0.228 e. The molecule has 0 radical (unpaired) electrons. The zero-order valence-corrected chi connectivity index (χ0v) is 15.4. The van der Waals surface area contributed by atoms with Crippen molar-refractivity contribution >= 4 is 33.5 Å². The third kappa shape index (κ3) is 2.80. The molecule has 4 aromatic rings. The van der Waals surface area contributed by atoms with Gasteiger partial charge in [0.05, 0.1) is 11.2 Å². The second kappa shape index (κ2) is 6.32. The van der Waals surface area contributed by atoms with Gasteiger partial charge < -0.3 is 0 Å². The molecule has 0 bridgehead atoms. The first-order valence-corrected chi connectivity index (χ1v) is 8.89. The SMILES string of the molecule is Cc1ccc(-c2nc(-c3ccccc3)c3ccccc3n2)c(I)c1. The molecule has 1 heterocycles. The third-order valence-electron chi connectivity index (χ3n) is 4.02. The lowest BCUT2D eigenvalue weighted by Crippen LogP contribution is -1.96. The molecule has 0 N–H and O–H groups in total. The monoisotopic (exact) mass is 422 g/mol. The van der Waals surface area contributed by atoms with Crippen LogP contribution in [0.4, 0.5) is 0 Å². The van der Waals surface area contributed by atoms with Crippen molar-refractivity contribution in [3.63, 3.8) is 0 Å². The minimum absolute atomic E-state index is 0.775. The number of halogens is 1. The van der Waals surface area contributed by atoms with Crippen molar-refractivity contribution in [2.45, 2.75) is 6.92 Å². The van der Waals surface area contributed by atoms with Crippen LogP contribution in [0.15, 0.2) is 72.8 Å². The Balaban J connectivity index is 2.01. The lowest BCUT2D eigenvalue weighted by atomic mass is 10.1. The van der Waals surface area contributed by atoms with Gasteiger partial charge in [-0.25, -0.2) is 9.97 Å². The molecule has 0 aliphatic heterocycles. The van der Waals surface area contributed by atoms with E-state index >= 15 is 0 Å². The Morgan fingerprint density at radius 2 is 1.54 bits per heavy atom. The highest BCUT2D eigenvalue weighted by Gasteiger charge is 2.12. The molecule has 1 aromatic heterocycles. The van der Waals surface area contributed by atoms with Crippen LogP contribution in [0.25, 0.3) is 33.5 Å². The fraction of sp³-hybridized carbons (Fsp3) is 0.0476. The van der Waals surface area contributed by atoms with E-state index < -0.39 is 0 Å². The van der Waals surface area contributed by atoms with Crippen molar-refractivity contribution in [3.05, 3.63) is 81.9 Å². The van der Waals surface area contributed by atoms with Crippen LogP contribution in [0.1, 0.15) is 5.56 Å². The van der Waals surface area contributed by atoms with E-state index in [1.54, 1.807) is 0 Å². The molecule has 116 valence electrons. The maximum absolute atomic E-state index is 4.92. The number of para-hydroxylation sites is 1. The second-order valence-electron chi connectivity index (χ2n) is 5.76. The van der Waals surface area contributed by atoms with E-state index in [1.165, 1.54) is 9.13 Å². The highest BCUT2D eigenvalue weighted by molar-refractivity contribution is 14.1. The average Bonchev–Trinajstić information content (AvgIpc) is 2.61. The van der Waals surface area contributed by atoms with Crippen LogP contribution in [0.5, 0.6) is 0 Å². The molecule has 0 spiro atoms. The van der Waals surface area contributed by atoms with Gasteiger partial charge in [-0.15, -0.1) is 0 Å². The van der Waals surface area contributed by atoms with E-state index in [4.69, 9.17) is 9.97 Å². The van der Waals surface area contributed by atoms with Crippen molar-refractivity contribution in [1.29, 1.82) is 0 Å². The summed E-state index contributed by atoms with van der Waals surface area (Å²) in [5.41, 5.74) is 5.38. The van der Waals surface area contributed by atoms with Gasteiger partial charge in [0, 0.05) is 20.1 Å². The quantitative estimate of drug-likeness (QED) is 0.377. The lowest BCUT2D eigenvalue weighted by molar-refractivity contribution is 1.22. The van der Waals surface area contributed by atoms with Gasteiger partial charge in [0.15, 0.2) is 5.82 Å². The molecule has 0 aliphatic rings. The van der Waals surface area contributed by atoms with Crippen LogP contribution in [0.2, 0.25) is 0 Å². The summed E-state index contributed by atoms with van der Waals surface area (Å²) in [5.74, 6) is 0.775. The first-order chi connectivity index (χ1) is 11.7. The van der Waals surface area contributed by atoms with Crippen LogP contribution in [-0.2, 0) is 0 Å². The summed E-state index contributed by atoms with van der Waals surface area (Å²) in [4.78, 5) is 9.72. The minimum Gasteiger partial charge on any atom is -0.228 e. The fourth-order valence-electron chi connectivity index (χ4n) is 2.81. The number of fused-ring (bicyclic) bond motifs is 1. The number of benzene rings is 3. The van der Waals surface area contributed by atoms with Crippen LogP contribution in [0.3, 0.4) is 0 Å². The van der Waals surface area contributed by atoms with Gasteiger partial charge >= 0.3 is 0 Å². The van der Waals surface area contributed by atoms with E-state index in [9.17, 15) is 0 Å². The number of rotatable bonds is 2. The Bertz CT molecular complexity index is 1030. The predicted molar refractivity (Wildman–Crippen MR) is 108 cm³/mol. The van der Waals surface area contributed by atoms with E-state index in [1.807, 2.05) is 36.4 Å². The fourth-order valence-corrected chi connectivity index (χ4v) is 3.73.